The van der Waals surface area contributed by atoms with Crippen LogP contribution in [0.3, 0.4) is 0 Å². The molecule has 34 heavy (non-hydrogen) atoms. The molecule has 0 bridgehead atoms. The smallest absolute Gasteiger partial charge is 0.416 e. The van der Waals surface area contributed by atoms with E-state index in [1.54, 1.807) is 4.90 Å². The summed E-state index contributed by atoms with van der Waals surface area (Å²) in [5.74, 6) is -1.22. The molecule has 13 heteroatoms. The Hall–Kier alpha value is -2.97. The number of sulfonamides is 1. The summed E-state index contributed by atoms with van der Waals surface area (Å²) in [6, 6.07) is 9.67. The highest BCUT2D eigenvalue weighted by Gasteiger charge is 2.50. The van der Waals surface area contributed by atoms with E-state index in [0.29, 0.717) is 37.6 Å². The maximum atomic E-state index is 13.1. The second-order valence-corrected chi connectivity index (χ2v) is 9.32. The minimum absolute atomic E-state index is 0.145. The fourth-order valence-electron chi connectivity index (χ4n) is 3.88. The first-order chi connectivity index (χ1) is 15.9. The van der Waals surface area contributed by atoms with Crippen LogP contribution >= 0.6 is 0 Å². The van der Waals surface area contributed by atoms with E-state index in [0.717, 1.165) is 12.1 Å². The van der Waals surface area contributed by atoms with Gasteiger partial charge in [-0.2, -0.15) is 18.6 Å². The first-order valence-corrected chi connectivity index (χ1v) is 11.6. The number of alkyl halides is 3. The highest BCUT2D eigenvalue weighted by molar-refractivity contribution is 7.89. The van der Waals surface area contributed by atoms with Crippen molar-refractivity contribution in [1.29, 1.82) is 0 Å². The first kappa shape index (κ1) is 24.2. The predicted molar refractivity (Wildman–Crippen MR) is 116 cm³/mol. The van der Waals surface area contributed by atoms with Gasteiger partial charge < -0.3 is 9.84 Å². The van der Waals surface area contributed by atoms with E-state index >= 15 is 0 Å². The van der Waals surface area contributed by atoms with Crippen LogP contribution in [-0.4, -0.2) is 56.4 Å². The number of carbonyl (C=O) groups is 1. The van der Waals surface area contributed by atoms with Gasteiger partial charge in [-0.1, -0.05) is 12.1 Å². The Morgan fingerprint density at radius 3 is 2.15 bits per heavy atom. The number of aliphatic carboxylic acids is 1. The number of nitrogens with two attached hydrogens (primary N) is 1. The molecule has 182 valence electrons. The molecule has 2 aliphatic heterocycles. The fraction of sp³-hybridized carbons (Fsp3) is 0.286. The van der Waals surface area contributed by atoms with Gasteiger partial charge in [-0.25, -0.2) is 18.4 Å². The summed E-state index contributed by atoms with van der Waals surface area (Å²) >= 11 is 0. The molecule has 9 nitrogen and oxygen atoms in total. The third kappa shape index (κ3) is 4.52. The van der Waals surface area contributed by atoms with Crippen molar-refractivity contribution < 1.29 is 36.2 Å². The standard InChI is InChI=1S/C21H21F3N4O5S/c22-21(23,24)15-3-1-14(2-4-15)18-13-20(19(29)30,27-9-11-33-12-10-27)26-28(18)16-5-7-17(8-6-16)34(25,31)32/h1-8,13,26H,9-12H2,(H,29,30)(H2,25,31,32). The van der Waals surface area contributed by atoms with E-state index in [2.05, 4.69) is 5.43 Å². The number of morpholine rings is 1. The second-order valence-electron chi connectivity index (χ2n) is 7.76. The Kier molecular flexibility index (Phi) is 6.16. The number of primary sulfonamides is 1. The van der Waals surface area contributed by atoms with Gasteiger partial charge in [0, 0.05) is 13.1 Å². The van der Waals surface area contributed by atoms with Gasteiger partial charge in [-0.05, 0) is 48.0 Å². The molecule has 4 N–H and O–H groups in total. The highest BCUT2D eigenvalue weighted by atomic mass is 32.2. The van der Waals surface area contributed by atoms with E-state index in [1.165, 1.54) is 47.5 Å². The van der Waals surface area contributed by atoms with Crippen LogP contribution < -0.4 is 15.6 Å². The van der Waals surface area contributed by atoms with Crippen molar-refractivity contribution in [2.75, 3.05) is 31.3 Å². The molecule has 2 heterocycles. The van der Waals surface area contributed by atoms with E-state index in [-0.39, 0.29) is 10.6 Å². The number of benzene rings is 2. The number of hydrogen-bond acceptors (Lipinski definition) is 7. The summed E-state index contributed by atoms with van der Waals surface area (Å²) in [4.78, 5) is 14.0. The van der Waals surface area contributed by atoms with Gasteiger partial charge in [0.2, 0.25) is 15.7 Å². The molecule has 0 aliphatic carbocycles. The number of nitrogens with zero attached hydrogens (tertiary/aromatic N) is 2. The Balaban J connectivity index is 1.81. The number of nitrogens with one attached hydrogen (secondary N) is 1. The molecule has 2 aliphatic rings. The molecule has 1 fully saturated rings. The largest absolute Gasteiger partial charge is 0.479 e. The maximum Gasteiger partial charge on any atom is 0.416 e. The average molecular weight is 498 g/mol. The number of carboxylic acids is 1. The molecular weight excluding hydrogens is 477 g/mol. The Labute approximate surface area is 193 Å². The van der Waals surface area contributed by atoms with E-state index in [1.807, 2.05) is 0 Å². The van der Waals surface area contributed by atoms with Gasteiger partial charge in [0.15, 0.2) is 0 Å². The van der Waals surface area contributed by atoms with E-state index < -0.39 is 33.4 Å². The Morgan fingerprint density at radius 2 is 1.65 bits per heavy atom. The molecule has 2 aromatic carbocycles. The molecule has 1 unspecified atom stereocenters. The second kappa shape index (κ2) is 8.67. The zero-order valence-corrected chi connectivity index (χ0v) is 18.4. The third-order valence-corrected chi connectivity index (χ3v) is 6.57. The van der Waals surface area contributed by atoms with Crippen molar-refractivity contribution in [3.63, 3.8) is 0 Å². The quantitative estimate of drug-likeness (QED) is 0.570. The number of hydrogen-bond donors (Lipinski definition) is 3. The van der Waals surface area contributed by atoms with E-state index in [4.69, 9.17) is 9.88 Å². The van der Waals surface area contributed by atoms with Crippen molar-refractivity contribution in [3.8, 4) is 0 Å². The highest BCUT2D eigenvalue weighted by Crippen LogP contribution is 2.37. The minimum atomic E-state index is -4.53. The Bertz CT molecular complexity index is 1210. The van der Waals surface area contributed by atoms with Crippen LogP contribution in [0.25, 0.3) is 5.70 Å². The minimum Gasteiger partial charge on any atom is -0.479 e. The first-order valence-electron chi connectivity index (χ1n) is 10.1. The predicted octanol–water partition coefficient (Wildman–Crippen LogP) is 1.83. The van der Waals surface area contributed by atoms with Crippen LogP contribution in [-0.2, 0) is 25.7 Å². The van der Waals surface area contributed by atoms with Crippen molar-refractivity contribution in [3.05, 3.63) is 65.7 Å². The van der Waals surface area contributed by atoms with Crippen LogP contribution in [0.2, 0.25) is 0 Å². The number of anilines is 1. The summed E-state index contributed by atoms with van der Waals surface area (Å²) in [7, 11) is -3.96. The van der Waals surface area contributed by atoms with Crippen LogP contribution in [0.5, 0.6) is 0 Å². The number of halogens is 3. The van der Waals surface area contributed by atoms with Crippen molar-refractivity contribution in [2.45, 2.75) is 16.7 Å². The third-order valence-electron chi connectivity index (χ3n) is 5.64. The average Bonchev–Trinajstić information content (AvgIpc) is 3.21. The molecule has 0 spiro atoms. The van der Waals surface area contributed by atoms with E-state index in [9.17, 15) is 31.5 Å². The zero-order chi connectivity index (χ0) is 24.7. The van der Waals surface area contributed by atoms with Gasteiger partial charge in [0.05, 0.1) is 35.1 Å². The normalized spacial score (nSPS) is 22.0. The van der Waals surface area contributed by atoms with Gasteiger partial charge in [0.25, 0.3) is 0 Å². The molecule has 1 atom stereocenters. The number of carboxylic acid groups (broad SMARTS) is 1. The number of hydrazine groups is 1. The van der Waals surface area contributed by atoms with Crippen molar-refractivity contribution >= 4 is 27.4 Å². The Morgan fingerprint density at radius 1 is 1.06 bits per heavy atom. The van der Waals surface area contributed by atoms with Gasteiger partial charge >= 0.3 is 12.1 Å². The lowest BCUT2D eigenvalue weighted by Gasteiger charge is -2.39. The maximum absolute atomic E-state index is 13.1. The SMILES string of the molecule is NS(=O)(=O)c1ccc(N2NC(C(=O)O)(N3CCOCC3)C=C2c2ccc(C(F)(F)F)cc2)cc1. The zero-order valence-electron chi connectivity index (χ0n) is 17.6. The summed E-state index contributed by atoms with van der Waals surface area (Å²) in [5, 5.41) is 16.7. The summed E-state index contributed by atoms with van der Waals surface area (Å²) in [6.45, 7) is 1.22. The molecule has 0 aromatic heterocycles. The lowest BCUT2D eigenvalue weighted by Crippen LogP contribution is -2.65. The topological polar surface area (TPSA) is 125 Å². The summed E-state index contributed by atoms with van der Waals surface area (Å²) in [6.07, 6.45) is -3.10. The number of ether oxygens (including phenoxy) is 1. The molecule has 1 saturated heterocycles. The molecule has 0 amide bonds. The lowest BCUT2D eigenvalue weighted by atomic mass is 10.0. The monoisotopic (exact) mass is 498 g/mol. The summed E-state index contributed by atoms with van der Waals surface area (Å²) < 4.78 is 67.7. The molecule has 4 rings (SSSR count). The fourth-order valence-corrected chi connectivity index (χ4v) is 4.39. The van der Waals surface area contributed by atoms with Crippen molar-refractivity contribution in [1.82, 2.24) is 10.3 Å². The van der Waals surface area contributed by atoms with Crippen molar-refractivity contribution in [2.24, 2.45) is 5.14 Å². The van der Waals surface area contributed by atoms with Gasteiger partial charge in [-0.15, -0.1) is 0 Å². The molecule has 0 saturated carbocycles. The summed E-state index contributed by atoms with van der Waals surface area (Å²) in [5.41, 5.74) is 1.37. The molecule has 2 aromatic rings. The van der Waals surface area contributed by atoms with Crippen LogP contribution in [0.4, 0.5) is 18.9 Å². The number of rotatable bonds is 5. The van der Waals surface area contributed by atoms with Gasteiger partial charge in [0.1, 0.15) is 0 Å². The van der Waals surface area contributed by atoms with Crippen LogP contribution in [0, 0.1) is 0 Å². The molecule has 0 radical (unpaired) electrons. The molecular formula is C21H21F3N4O5S. The lowest BCUT2D eigenvalue weighted by molar-refractivity contribution is -0.152. The van der Waals surface area contributed by atoms with Crippen LogP contribution in [0.1, 0.15) is 11.1 Å². The van der Waals surface area contributed by atoms with Crippen LogP contribution in [0.15, 0.2) is 59.5 Å². The van der Waals surface area contributed by atoms with Gasteiger partial charge in [-0.3, -0.25) is 9.91 Å².